The largest absolute Gasteiger partial charge is 0.493 e. The van der Waals surface area contributed by atoms with E-state index in [2.05, 4.69) is 10.3 Å². The lowest BCUT2D eigenvalue weighted by Crippen LogP contribution is -2.28. The van der Waals surface area contributed by atoms with E-state index in [1.807, 2.05) is 0 Å². The molecule has 0 aliphatic carbocycles. The van der Waals surface area contributed by atoms with Gasteiger partial charge in [-0.1, -0.05) is 23.2 Å². The van der Waals surface area contributed by atoms with Crippen LogP contribution in [0.2, 0.25) is 10.0 Å². The number of fused-ring (bicyclic) bond motifs is 1. The Morgan fingerprint density at radius 1 is 1.11 bits per heavy atom. The van der Waals surface area contributed by atoms with Crippen LogP contribution in [-0.2, 0) is 11.3 Å². The molecule has 7 nitrogen and oxygen atoms in total. The number of hydrogen-bond acceptors (Lipinski definition) is 5. The number of amides is 1. The summed E-state index contributed by atoms with van der Waals surface area (Å²) in [6, 6.07) is 7.86. The molecule has 0 atom stereocenters. The zero-order valence-electron chi connectivity index (χ0n) is 14.5. The van der Waals surface area contributed by atoms with Crippen LogP contribution in [0.3, 0.4) is 0 Å². The number of hydrogen-bond donors (Lipinski definition) is 1. The van der Waals surface area contributed by atoms with Crippen molar-refractivity contribution in [1.82, 2.24) is 9.55 Å². The third-order valence-electron chi connectivity index (χ3n) is 3.85. The number of halogens is 2. The maximum absolute atomic E-state index is 12.7. The number of carbonyl (C=O) groups is 1. The van der Waals surface area contributed by atoms with E-state index in [1.165, 1.54) is 37.2 Å². The second-order valence-electron chi connectivity index (χ2n) is 5.58. The molecule has 0 aliphatic heterocycles. The van der Waals surface area contributed by atoms with Gasteiger partial charge in [0.15, 0.2) is 11.5 Å². The first-order valence-corrected chi connectivity index (χ1v) is 8.54. The van der Waals surface area contributed by atoms with Gasteiger partial charge in [-0.15, -0.1) is 0 Å². The molecule has 9 heteroatoms. The average molecular weight is 408 g/mol. The standard InChI is InChI=1S/C18H15Cl2N3O4/c1-26-15-6-11-14(7-16(15)27-2)21-9-23(18(11)25)8-17(24)22-10-3-4-12(19)13(20)5-10/h3-7,9H,8H2,1-2H3,(H,22,24). The molecule has 140 valence electrons. The van der Waals surface area contributed by atoms with Crippen LogP contribution in [0.15, 0.2) is 41.5 Å². The van der Waals surface area contributed by atoms with Crippen LogP contribution in [0.1, 0.15) is 0 Å². The van der Waals surface area contributed by atoms with Crippen LogP contribution < -0.4 is 20.3 Å². The van der Waals surface area contributed by atoms with Gasteiger partial charge < -0.3 is 14.8 Å². The number of nitrogens with one attached hydrogen (secondary N) is 1. The molecule has 3 aromatic rings. The summed E-state index contributed by atoms with van der Waals surface area (Å²) in [5.74, 6) is 0.464. The van der Waals surface area contributed by atoms with Crippen molar-refractivity contribution in [3.63, 3.8) is 0 Å². The maximum Gasteiger partial charge on any atom is 0.261 e. The highest BCUT2D eigenvalue weighted by Crippen LogP contribution is 2.29. The molecule has 1 aromatic heterocycles. The second-order valence-corrected chi connectivity index (χ2v) is 6.39. The minimum Gasteiger partial charge on any atom is -0.493 e. The highest BCUT2D eigenvalue weighted by atomic mass is 35.5. The quantitative estimate of drug-likeness (QED) is 0.700. The van der Waals surface area contributed by atoms with Gasteiger partial charge in [0.1, 0.15) is 6.54 Å². The van der Waals surface area contributed by atoms with Gasteiger partial charge in [-0.2, -0.15) is 0 Å². The molecule has 0 saturated heterocycles. The fourth-order valence-corrected chi connectivity index (χ4v) is 2.83. The highest BCUT2D eigenvalue weighted by Gasteiger charge is 2.13. The zero-order valence-corrected chi connectivity index (χ0v) is 16.0. The zero-order chi connectivity index (χ0) is 19.6. The number of aromatic nitrogens is 2. The highest BCUT2D eigenvalue weighted by molar-refractivity contribution is 6.42. The summed E-state index contributed by atoms with van der Waals surface area (Å²) in [5.41, 5.74) is 0.548. The van der Waals surface area contributed by atoms with Gasteiger partial charge in [-0.05, 0) is 24.3 Å². The smallest absolute Gasteiger partial charge is 0.261 e. The average Bonchev–Trinajstić information content (AvgIpc) is 2.66. The van der Waals surface area contributed by atoms with Crippen molar-refractivity contribution in [2.24, 2.45) is 0 Å². The SMILES string of the molecule is COc1cc2ncn(CC(=O)Nc3ccc(Cl)c(Cl)c3)c(=O)c2cc1OC. The summed E-state index contributed by atoms with van der Waals surface area (Å²) in [6.07, 6.45) is 1.31. The molecule has 0 unspecified atom stereocenters. The minimum atomic E-state index is -0.405. The fraction of sp³-hybridized carbons (Fsp3) is 0.167. The van der Waals surface area contributed by atoms with E-state index in [0.29, 0.717) is 38.1 Å². The molecule has 0 bridgehead atoms. The van der Waals surface area contributed by atoms with Crippen molar-refractivity contribution in [3.8, 4) is 11.5 Å². The van der Waals surface area contributed by atoms with Gasteiger partial charge in [0.05, 0.1) is 41.5 Å². The van der Waals surface area contributed by atoms with Crippen LogP contribution in [-0.4, -0.2) is 29.7 Å². The molecule has 0 radical (unpaired) electrons. The molecule has 1 N–H and O–H groups in total. The van der Waals surface area contributed by atoms with Gasteiger partial charge in [-0.25, -0.2) is 4.98 Å². The molecule has 2 aromatic carbocycles. The van der Waals surface area contributed by atoms with Crippen molar-refractivity contribution in [2.45, 2.75) is 6.54 Å². The molecule has 0 saturated carbocycles. The van der Waals surface area contributed by atoms with Gasteiger partial charge in [0.2, 0.25) is 5.91 Å². The van der Waals surface area contributed by atoms with Crippen LogP contribution >= 0.6 is 23.2 Å². The third-order valence-corrected chi connectivity index (χ3v) is 4.59. The summed E-state index contributed by atoms with van der Waals surface area (Å²) >= 11 is 11.8. The first kappa shape index (κ1) is 19.0. The van der Waals surface area contributed by atoms with Crippen molar-refractivity contribution >= 4 is 45.7 Å². The second kappa shape index (κ2) is 7.85. The number of nitrogens with zero attached hydrogens (tertiary/aromatic N) is 2. The monoisotopic (exact) mass is 407 g/mol. The van der Waals surface area contributed by atoms with Gasteiger partial charge in [0.25, 0.3) is 5.56 Å². The summed E-state index contributed by atoms with van der Waals surface area (Å²) < 4.78 is 11.6. The minimum absolute atomic E-state index is 0.212. The number of methoxy groups -OCH3 is 2. The lowest BCUT2D eigenvalue weighted by molar-refractivity contribution is -0.116. The predicted molar refractivity (Wildman–Crippen MR) is 104 cm³/mol. The van der Waals surface area contributed by atoms with Crippen molar-refractivity contribution < 1.29 is 14.3 Å². The van der Waals surface area contributed by atoms with Crippen LogP contribution in [0.25, 0.3) is 10.9 Å². The fourth-order valence-electron chi connectivity index (χ4n) is 2.53. The Bertz CT molecular complexity index is 1080. The molecular weight excluding hydrogens is 393 g/mol. The van der Waals surface area contributed by atoms with Gasteiger partial charge in [-0.3, -0.25) is 14.2 Å². The Kier molecular flexibility index (Phi) is 5.53. The van der Waals surface area contributed by atoms with Crippen LogP contribution in [0, 0.1) is 0 Å². The predicted octanol–water partition coefficient (Wildman–Crippen LogP) is 3.36. The first-order chi connectivity index (χ1) is 12.9. The van der Waals surface area contributed by atoms with E-state index in [9.17, 15) is 9.59 Å². The molecule has 0 aliphatic rings. The first-order valence-electron chi connectivity index (χ1n) is 7.79. The van der Waals surface area contributed by atoms with E-state index >= 15 is 0 Å². The molecule has 1 amide bonds. The number of anilines is 1. The van der Waals surface area contributed by atoms with Crippen molar-refractivity contribution in [3.05, 3.63) is 57.1 Å². The van der Waals surface area contributed by atoms with Gasteiger partial charge in [0, 0.05) is 11.8 Å². The third kappa shape index (κ3) is 3.99. The van der Waals surface area contributed by atoms with Crippen molar-refractivity contribution in [2.75, 3.05) is 19.5 Å². The van der Waals surface area contributed by atoms with E-state index < -0.39 is 5.91 Å². The van der Waals surface area contributed by atoms with E-state index in [1.54, 1.807) is 18.2 Å². The summed E-state index contributed by atoms with van der Waals surface area (Å²) in [6.45, 7) is -0.212. The van der Waals surface area contributed by atoms with E-state index in [0.717, 1.165) is 0 Å². The Morgan fingerprint density at radius 2 is 1.81 bits per heavy atom. The maximum atomic E-state index is 12.7. The number of benzene rings is 2. The van der Waals surface area contributed by atoms with Crippen LogP contribution in [0.5, 0.6) is 11.5 Å². The Hall–Kier alpha value is -2.77. The van der Waals surface area contributed by atoms with Gasteiger partial charge >= 0.3 is 0 Å². The molecule has 0 fully saturated rings. The normalized spacial score (nSPS) is 10.7. The summed E-state index contributed by atoms with van der Waals surface area (Å²) in [4.78, 5) is 29.2. The number of ether oxygens (including phenoxy) is 2. The lowest BCUT2D eigenvalue weighted by atomic mass is 10.2. The molecule has 27 heavy (non-hydrogen) atoms. The summed E-state index contributed by atoms with van der Waals surface area (Å²) in [7, 11) is 2.97. The molecule has 3 rings (SSSR count). The lowest BCUT2D eigenvalue weighted by Gasteiger charge is -2.11. The van der Waals surface area contributed by atoms with E-state index in [4.69, 9.17) is 32.7 Å². The molecular formula is C18H15Cl2N3O4. The number of rotatable bonds is 5. The molecule has 0 spiro atoms. The van der Waals surface area contributed by atoms with Crippen LogP contribution in [0.4, 0.5) is 5.69 Å². The molecule has 1 heterocycles. The van der Waals surface area contributed by atoms with Crippen molar-refractivity contribution in [1.29, 1.82) is 0 Å². The topological polar surface area (TPSA) is 82.5 Å². The number of carbonyl (C=O) groups excluding carboxylic acids is 1. The Morgan fingerprint density at radius 3 is 2.48 bits per heavy atom. The summed E-state index contributed by atoms with van der Waals surface area (Å²) in [5, 5.41) is 3.68. The Labute approximate surface area is 164 Å². The van der Waals surface area contributed by atoms with E-state index in [-0.39, 0.29) is 12.1 Å². The Balaban J connectivity index is 1.88.